The number of ether oxygens (including phenoxy) is 1. The molecule has 0 aliphatic rings. The predicted molar refractivity (Wildman–Crippen MR) is 92.6 cm³/mol. The van der Waals surface area contributed by atoms with Crippen LogP contribution < -0.4 is 5.11 Å². The molecule has 1 amide bonds. The minimum absolute atomic E-state index is 0.0691. The van der Waals surface area contributed by atoms with Gasteiger partial charge in [0.2, 0.25) is 0 Å². The van der Waals surface area contributed by atoms with Crippen molar-refractivity contribution in [2.75, 3.05) is 25.7 Å². The molecule has 0 aromatic heterocycles. The van der Waals surface area contributed by atoms with Crippen molar-refractivity contribution in [3.8, 4) is 0 Å². The summed E-state index contributed by atoms with van der Waals surface area (Å²) in [5.74, 6) is -1.28. The molecule has 0 heterocycles. The Kier molecular flexibility index (Phi) is 8.62. The number of hydrogen-bond donors (Lipinski definition) is 0. The smallest absolute Gasteiger partial charge is 0.411 e. The van der Waals surface area contributed by atoms with Crippen LogP contribution in [0.1, 0.15) is 12.5 Å². The fraction of sp³-hybridized carbons (Fsp3) is 0.429. The van der Waals surface area contributed by atoms with Gasteiger partial charge in [-0.05, 0) is 19.2 Å². The van der Waals surface area contributed by atoms with E-state index >= 15 is 0 Å². The summed E-state index contributed by atoms with van der Waals surface area (Å²) in [7, 11) is 0. The molecule has 1 aromatic carbocycles. The molecule has 0 saturated carbocycles. The molecule has 0 spiro atoms. The number of benzene rings is 1. The molecule has 128 valence electrons. The number of aliphatic carboxylic acids is 1. The monoisotopic (exact) mass is 376 g/mol. The van der Waals surface area contributed by atoms with Crippen LogP contribution in [0.3, 0.4) is 0 Å². The third kappa shape index (κ3) is 8.37. The zero-order valence-corrected chi connectivity index (χ0v) is 15.5. The van der Waals surface area contributed by atoms with Gasteiger partial charge in [-0.25, -0.2) is 4.79 Å². The lowest BCUT2D eigenvalue weighted by atomic mass is 10.2. The molecule has 0 fully saturated rings. The van der Waals surface area contributed by atoms with Gasteiger partial charge in [-0.1, -0.05) is 53.5 Å². The van der Waals surface area contributed by atoms with Crippen molar-refractivity contribution in [2.45, 2.75) is 13.5 Å². The molecular formula is C14H19NO5PS2-. The Morgan fingerprint density at radius 1 is 1.35 bits per heavy atom. The van der Waals surface area contributed by atoms with Crippen LogP contribution in [-0.4, -0.2) is 42.7 Å². The van der Waals surface area contributed by atoms with Gasteiger partial charge in [0.1, 0.15) is 12.1 Å². The molecule has 0 saturated heterocycles. The lowest BCUT2D eigenvalue weighted by Crippen LogP contribution is -2.41. The maximum Gasteiger partial charge on any atom is 0.411 e. The van der Waals surface area contributed by atoms with E-state index in [-0.39, 0.29) is 12.5 Å². The Morgan fingerprint density at radius 3 is 2.57 bits per heavy atom. The SMILES string of the molecule is CCO[P@](C)(=S)SCN(CC(=O)[O-])C(=O)OCc1ccccc1. The number of rotatable bonds is 9. The van der Waals surface area contributed by atoms with Crippen LogP contribution >= 0.6 is 16.8 Å². The lowest BCUT2D eigenvalue weighted by molar-refractivity contribution is -0.305. The second-order valence-corrected chi connectivity index (χ2v) is 12.5. The van der Waals surface area contributed by atoms with Gasteiger partial charge in [0.15, 0.2) is 0 Å². The largest absolute Gasteiger partial charge is 0.548 e. The normalized spacial score (nSPS) is 13.1. The van der Waals surface area contributed by atoms with E-state index in [4.69, 9.17) is 21.1 Å². The molecule has 0 bridgehead atoms. The van der Waals surface area contributed by atoms with Crippen molar-refractivity contribution in [1.82, 2.24) is 4.90 Å². The molecule has 9 heteroatoms. The topological polar surface area (TPSA) is 78.9 Å². The Hall–Kier alpha value is -1.08. The van der Waals surface area contributed by atoms with Gasteiger partial charge >= 0.3 is 6.09 Å². The average Bonchev–Trinajstić information content (AvgIpc) is 2.49. The molecule has 0 unspecified atom stereocenters. The van der Waals surface area contributed by atoms with E-state index in [1.807, 2.05) is 37.3 Å². The van der Waals surface area contributed by atoms with E-state index in [1.54, 1.807) is 6.66 Å². The van der Waals surface area contributed by atoms with Crippen molar-refractivity contribution in [3.05, 3.63) is 35.9 Å². The maximum atomic E-state index is 12.1. The molecule has 0 aliphatic heterocycles. The summed E-state index contributed by atoms with van der Waals surface area (Å²) < 4.78 is 10.6. The fourth-order valence-corrected chi connectivity index (χ4v) is 4.99. The van der Waals surface area contributed by atoms with Gasteiger partial charge in [0.25, 0.3) is 0 Å². The Bertz CT molecular complexity index is 570. The summed E-state index contributed by atoms with van der Waals surface area (Å²) >= 11 is 6.55. The van der Waals surface area contributed by atoms with E-state index < -0.39 is 24.1 Å². The van der Waals surface area contributed by atoms with Crippen LogP contribution in [0, 0.1) is 0 Å². The first-order valence-corrected chi connectivity index (χ1v) is 11.6. The standard InChI is InChI=1S/C14H20NO5PS2/c1-3-20-21(2,22)23-11-15(9-13(16)17)14(18)19-10-12-7-5-4-6-8-12/h4-8H,3,9-11H2,1-2H3,(H,16,17)/p-1/t21-/m1/s1. The molecule has 6 nitrogen and oxygen atoms in total. The number of amides is 1. The molecule has 23 heavy (non-hydrogen) atoms. The summed E-state index contributed by atoms with van der Waals surface area (Å²) in [6, 6.07) is 9.13. The zero-order chi connectivity index (χ0) is 17.3. The summed E-state index contributed by atoms with van der Waals surface area (Å²) in [6.45, 7) is 3.60. The Balaban J connectivity index is 2.60. The number of carboxylic acid groups (broad SMARTS) is 1. The minimum Gasteiger partial charge on any atom is -0.548 e. The molecule has 0 N–H and O–H groups in total. The van der Waals surface area contributed by atoms with Gasteiger partial charge in [-0.15, -0.1) is 0 Å². The van der Waals surface area contributed by atoms with E-state index in [1.165, 1.54) is 11.4 Å². The van der Waals surface area contributed by atoms with E-state index in [0.29, 0.717) is 6.61 Å². The summed E-state index contributed by atoms with van der Waals surface area (Å²) in [4.78, 5) is 23.9. The lowest BCUT2D eigenvalue weighted by Gasteiger charge is -2.24. The van der Waals surface area contributed by atoms with Gasteiger partial charge < -0.3 is 19.2 Å². The highest BCUT2D eigenvalue weighted by Crippen LogP contribution is 2.56. The maximum absolute atomic E-state index is 12.1. The van der Waals surface area contributed by atoms with Crippen molar-refractivity contribution < 1.29 is 24.0 Å². The van der Waals surface area contributed by atoms with Crippen molar-refractivity contribution in [2.24, 2.45) is 0 Å². The molecule has 1 atom stereocenters. The first-order valence-electron chi connectivity index (χ1n) is 6.86. The number of carbonyl (C=O) groups excluding carboxylic acids is 2. The molecule has 1 rings (SSSR count). The summed E-state index contributed by atoms with van der Waals surface area (Å²) in [6.07, 6.45) is -0.725. The Morgan fingerprint density at radius 2 is 2.00 bits per heavy atom. The molecule has 1 aromatic rings. The number of hydrogen-bond acceptors (Lipinski definition) is 7. The molecule has 0 aliphatic carbocycles. The van der Waals surface area contributed by atoms with Gasteiger partial charge in [0.05, 0.1) is 18.4 Å². The van der Waals surface area contributed by atoms with Crippen molar-refractivity contribution in [1.29, 1.82) is 0 Å². The average molecular weight is 376 g/mol. The van der Waals surface area contributed by atoms with Crippen LogP contribution in [0.25, 0.3) is 0 Å². The van der Waals surface area contributed by atoms with Crippen LogP contribution in [0.4, 0.5) is 4.79 Å². The fourth-order valence-electron chi connectivity index (χ4n) is 1.58. The molecule has 0 radical (unpaired) electrons. The van der Waals surface area contributed by atoms with Crippen LogP contribution in [0.15, 0.2) is 30.3 Å². The second-order valence-electron chi connectivity index (χ2n) is 4.56. The van der Waals surface area contributed by atoms with Crippen LogP contribution in [0.2, 0.25) is 0 Å². The first kappa shape index (κ1) is 20.0. The second kappa shape index (κ2) is 9.93. The predicted octanol–water partition coefficient (Wildman–Crippen LogP) is 2.04. The quantitative estimate of drug-likeness (QED) is 0.482. The third-order valence-corrected chi connectivity index (χ3v) is 7.55. The number of carboxylic acids is 1. The Labute approximate surface area is 145 Å². The van der Waals surface area contributed by atoms with Crippen molar-refractivity contribution in [3.63, 3.8) is 0 Å². The van der Waals surface area contributed by atoms with Gasteiger partial charge in [-0.3, -0.25) is 4.90 Å². The highest BCUT2D eigenvalue weighted by atomic mass is 32.9. The summed E-state index contributed by atoms with van der Waals surface area (Å²) in [5.41, 5.74) is -1.30. The zero-order valence-electron chi connectivity index (χ0n) is 13.0. The minimum atomic E-state index is -2.12. The third-order valence-electron chi connectivity index (χ3n) is 2.59. The summed E-state index contributed by atoms with van der Waals surface area (Å²) in [5, 5.41) is 10.8. The van der Waals surface area contributed by atoms with Crippen LogP contribution in [-0.2, 0) is 32.5 Å². The highest BCUT2D eigenvalue weighted by Gasteiger charge is 2.19. The van der Waals surface area contributed by atoms with Crippen molar-refractivity contribution >= 4 is 40.7 Å². The van der Waals surface area contributed by atoms with E-state index in [2.05, 4.69) is 0 Å². The van der Waals surface area contributed by atoms with Crippen LogP contribution in [0.5, 0.6) is 0 Å². The number of carbonyl (C=O) groups is 2. The highest BCUT2D eigenvalue weighted by molar-refractivity contribution is 8.69. The van der Waals surface area contributed by atoms with Gasteiger partial charge in [0, 0.05) is 6.61 Å². The first-order chi connectivity index (χ1) is 10.8. The van der Waals surface area contributed by atoms with E-state index in [0.717, 1.165) is 10.5 Å². The van der Waals surface area contributed by atoms with Gasteiger partial charge in [-0.2, -0.15) is 0 Å². The van der Waals surface area contributed by atoms with E-state index in [9.17, 15) is 14.7 Å². The molecular weight excluding hydrogens is 357 g/mol. The number of nitrogens with zero attached hydrogens (tertiary/aromatic N) is 1.